The Kier molecular flexibility index (Phi) is 7.75. The number of benzene rings is 2. The predicted octanol–water partition coefficient (Wildman–Crippen LogP) is 4.32. The molecule has 2 amide bonds. The van der Waals surface area contributed by atoms with Crippen LogP contribution in [0.15, 0.2) is 66.0 Å². The first-order chi connectivity index (χ1) is 14.5. The molecule has 9 heteroatoms. The standard InChI is InChI=1S/C21H18ClFN4O2S/c22-17-12-25-21(30-13-14-4-2-1-3-5-14)27-19(17)20(29)24-11-10-18(28)26-16-8-6-15(23)7-9-16/h1-9,12H,10-11,13H2,(H,24,29)(H,26,28). The summed E-state index contributed by atoms with van der Waals surface area (Å²) in [5.74, 6) is -0.524. The van der Waals surface area contributed by atoms with Gasteiger partial charge in [0.25, 0.3) is 5.91 Å². The van der Waals surface area contributed by atoms with Gasteiger partial charge in [0.15, 0.2) is 10.9 Å². The minimum Gasteiger partial charge on any atom is -0.350 e. The predicted molar refractivity (Wildman–Crippen MR) is 115 cm³/mol. The summed E-state index contributed by atoms with van der Waals surface area (Å²) < 4.78 is 12.9. The lowest BCUT2D eigenvalue weighted by atomic mass is 10.2. The third-order valence-electron chi connectivity index (χ3n) is 3.91. The van der Waals surface area contributed by atoms with Crippen LogP contribution in [0.25, 0.3) is 0 Å². The van der Waals surface area contributed by atoms with Crippen molar-refractivity contribution in [1.82, 2.24) is 15.3 Å². The maximum absolute atomic E-state index is 12.9. The summed E-state index contributed by atoms with van der Waals surface area (Å²) in [5.41, 5.74) is 1.65. The lowest BCUT2D eigenvalue weighted by Gasteiger charge is -2.08. The molecule has 3 rings (SSSR count). The number of hydrogen-bond donors (Lipinski definition) is 2. The molecular formula is C21H18ClFN4O2S. The number of carbonyl (C=O) groups is 2. The van der Waals surface area contributed by atoms with Crippen LogP contribution in [0.3, 0.4) is 0 Å². The van der Waals surface area contributed by atoms with Crippen molar-refractivity contribution in [1.29, 1.82) is 0 Å². The molecule has 0 saturated heterocycles. The van der Waals surface area contributed by atoms with Crippen molar-refractivity contribution in [3.8, 4) is 0 Å². The highest BCUT2D eigenvalue weighted by Crippen LogP contribution is 2.21. The molecule has 1 heterocycles. The average Bonchev–Trinajstić information content (AvgIpc) is 2.75. The highest BCUT2D eigenvalue weighted by molar-refractivity contribution is 7.98. The molecule has 0 atom stereocenters. The highest BCUT2D eigenvalue weighted by Gasteiger charge is 2.15. The minimum absolute atomic E-state index is 0.0431. The third kappa shape index (κ3) is 6.53. The van der Waals surface area contributed by atoms with Crippen LogP contribution in [0.2, 0.25) is 5.02 Å². The van der Waals surface area contributed by atoms with Crippen molar-refractivity contribution >= 4 is 40.9 Å². The van der Waals surface area contributed by atoms with Crippen LogP contribution in [0.1, 0.15) is 22.5 Å². The summed E-state index contributed by atoms with van der Waals surface area (Å²) in [7, 11) is 0. The number of thioether (sulfide) groups is 1. The van der Waals surface area contributed by atoms with E-state index in [-0.39, 0.29) is 35.4 Å². The van der Waals surface area contributed by atoms with Crippen LogP contribution in [-0.4, -0.2) is 28.3 Å². The van der Waals surface area contributed by atoms with Crippen molar-refractivity contribution in [3.63, 3.8) is 0 Å². The largest absolute Gasteiger partial charge is 0.350 e. The van der Waals surface area contributed by atoms with Gasteiger partial charge in [0.05, 0.1) is 11.2 Å². The Morgan fingerprint density at radius 2 is 1.80 bits per heavy atom. The summed E-state index contributed by atoms with van der Waals surface area (Å²) in [5, 5.41) is 5.81. The summed E-state index contributed by atoms with van der Waals surface area (Å²) in [6.07, 6.45) is 1.43. The SMILES string of the molecule is O=C(CCNC(=O)c1nc(SCc2ccccc2)ncc1Cl)Nc1ccc(F)cc1. The zero-order valence-electron chi connectivity index (χ0n) is 15.8. The first-order valence-corrected chi connectivity index (χ1v) is 10.4. The summed E-state index contributed by atoms with van der Waals surface area (Å²) >= 11 is 7.46. The summed E-state index contributed by atoms with van der Waals surface area (Å²) in [6.45, 7) is 0.0959. The van der Waals surface area contributed by atoms with Gasteiger partial charge in [-0.3, -0.25) is 9.59 Å². The van der Waals surface area contributed by atoms with Gasteiger partial charge in [-0.2, -0.15) is 0 Å². The van der Waals surface area contributed by atoms with E-state index in [1.165, 1.54) is 42.2 Å². The molecule has 0 bridgehead atoms. The molecule has 2 aromatic carbocycles. The topological polar surface area (TPSA) is 84.0 Å². The fraction of sp³-hybridized carbons (Fsp3) is 0.143. The molecule has 3 aromatic rings. The second-order valence-corrected chi connectivity index (χ2v) is 7.53. The number of hydrogen-bond acceptors (Lipinski definition) is 5. The molecule has 0 spiro atoms. The summed E-state index contributed by atoms with van der Waals surface area (Å²) in [4.78, 5) is 32.7. The number of anilines is 1. The Labute approximate surface area is 182 Å². The highest BCUT2D eigenvalue weighted by atomic mass is 35.5. The number of aromatic nitrogens is 2. The molecule has 0 unspecified atom stereocenters. The third-order valence-corrected chi connectivity index (χ3v) is 5.12. The molecule has 2 N–H and O–H groups in total. The van der Waals surface area contributed by atoms with Gasteiger partial charge in [0.2, 0.25) is 5.91 Å². The zero-order chi connectivity index (χ0) is 21.3. The Balaban J connectivity index is 1.50. The monoisotopic (exact) mass is 444 g/mol. The van der Waals surface area contributed by atoms with Gasteiger partial charge in [0, 0.05) is 24.4 Å². The Morgan fingerprint density at radius 3 is 2.53 bits per heavy atom. The van der Waals surface area contributed by atoms with Gasteiger partial charge in [-0.25, -0.2) is 14.4 Å². The molecule has 0 saturated carbocycles. The van der Waals surface area contributed by atoms with E-state index < -0.39 is 5.91 Å². The van der Waals surface area contributed by atoms with Gasteiger partial charge in [-0.15, -0.1) is 0 Å². The second kappa shape index (κ2) is 10.7. The molecule has 0 fully saturated rings. The second-order valence-electron chi connectivity index (χ2n) is 6.18. The van der Waals surface area contributed by atoms with Crippen LogP contribution >= 0.6 is 23.4 Å². The molecule has 6 nitrogen and oxygen atoms in total. The molecule has 0 aliphatic carbocycles. The lowest BCUT2D eigenvalue weighted by molar-refractivity contribution is -0.116. The summed E-state index contributed by atoms with van der Waals surface area (Å²) in [6, 6.07) is 15.2. The smallest absolute Gasteiger partial charge is 0.271 e. The Bertz CT molecular complexity index is 1020. The molecule has 1 aromatic heterocycles. The zero-order valence-corrected chi connectivity index (χ0v) is 17.3. The van der Waals surface area contributed by atoms with Crippen molar-refractivity contribution in [2.24, 2.45) is 0 Å². The van der Waals surface area contributed by atoms with E-state index >= 15 is 0 Å². The quantitative estimate of drug-likeness (QED) is 0.399. The fourth-order valence-corrected chi connectivity index (χ4v) is 3.38. The average molecular weight is 445 g/mol. The van der Waals surface area contributed by atoms with E-state index in [2.05, 4.69) is 20.6 Å². The molecule has 0 aliphatic heterocycles. The van der Waals surface area contributed by atoms with Crippen LogP contribution in [0, 0.1) is 5.82 Å². The van der Waals surface area contributed by atoms with Gasteiger partial charge < -0.3 is 10.6 Å². The number of carbonyl (C=O) groups excluding carboxylic acids is 2. The molecule has 30 heavy (non-hydrogen) atoms. The van der Waals surface area contributed by atoms with Crippen molar-refractivity contribution in [2.45, 2.75) is 17.3 Å². The van der Waals surface area contributed by atoms with Crippen LogP contribution in [0.5, 0.6) is 0 Å². The van der Waals surface area contributed by atoms with Crippen LogP contribution < -0.4 is 10.6 Å². The van der Waals surface area contributed by atoms with E-state index in [4.69, 9.17) is 11.6 Å². The Morgan fingerprint density at radius 1 is 1.07 bits per heavy atom. The van der Waals surface area contributed by atoms with Crippen LogP contribution in [0.4, 0.5) is 10.1 Å². The maximum Gasteiger partial charge on any atom is 0.271 e. The lowest BCUT2D eigenvalue weighted by Crippen LogP contribution is -2.28. The first kappa shape index (κ1) is 21.7. The first-order valence-electron chi connectivity index (χ1n) is 9.04. The maximum atomic E-state index is 12.9. The molecule has 0 aliphatic rings. The number of halogens is 2. The van der Waals surface area contributed by atoms with Crippen LogP contribution in [-0.2, 0) is 10.5 Å². The molecule has 154 valence electrons. The Hall–Kier alpha value is -2.97. The van der Waals surface area contributed by atoms with Gasteiger partial charge in [0.1, 0.15) is 5.82 Å². The normalized spacial score (nSPS) is 10.5. The van der Waals surface area contributed by atoms with Gasteiger partial charge in [-0.1, -0.05) is 53.7 Å². The number of rotatable bonds is 8. The van der Waals surface area contributed by atoms with Gasteiger partial charge >= 0.3 is 0 Å². The van der Waals surface area contributed by atoms with E-state index in [1.807, 2.05) is 30.3 Å². The van der Waals surface area contributed by atoms with E-state index in [0.717, 1.165) is 5.56 Å². The van der Waals surface area contributed by atoms with Crippen molar-refractivity contribution < 1.29 is 14.0 Å². The molecule has 0 radical (unpaired) electrons. The van der Waals surface area contributed by atoms with E-state index in [1.54, 1.807) is 0 Å². The van der Waals surface area contributed by atoms with E-state index in [9.17, 15) is 14.0 Å². The minimum atomic E-state index is -0.487. The number of nitrogens with zero attached hydrogens (tertiary/aromatic N) is 2. The van der Waals surface area contributed by atoms with E-state index in [0.29, 0.717) is 16.6 Å². The molecular weight excluding hydrogens is 427 g/mol. The van der Waals surface area contributed by atoms with Crippen molar-refractivity contribution in [2.75, 3.05) is 11.9 Å². The van der Waals surface area contributed by atoms with Gasteiger partial charge in [-0.05, 0) is 29.8 Å². The number of nitrogens with one attached hydrogen (secondary N) is 2. The van der Waals surface area contributed by atoms with Crippen molar-refractivity contribution in [3.05, 3.63) is 82.9 Å². The fourth-order valence-electron chi connectivity index (χ4n) is 2.43. The number of amides is 2.